The minimum atomic E-state index is 0.998. The highest BCUT2D eigenvalue weighted by Gasteiger charge is 2.15. The Kier molecular flexibility index (Phi) is 6.48. The molecule has 2 aromatic carbocycles. The third-order valence-electron chi connectivity index (χ3n) is 4.67. The fourth-order valence-electron chi connectivity index (χ4n) is 3.28. The van der Waals surface area contributed by atoms with Gasteiger partial charge < -0.3 is 9.80 Å². The van der Waals surface area contributed by atoms with E-state index in [1.807, 2.05) is 0 Å². The Morgan fingerprint density at radius 1 is 0.667 bits per heavy atom. The fraction of sp³-hybridized carbons (Fsp3) is 0.364. The second kappa shape index (κ2) is 8.58. The Labute approximate surface area is 147 Å². The van der Waals surface area contributed by atoms with Crippen LogP contribution >= 0.6 is 0 Å². The van der Waals surface area contributed by atoms with Crippen LogP contribution in [0, 0.1) is 0 Å². The smallest absolute Gasteiger partial charge is 0.0445 e. The van der Waals surface area contributed by atoms with Gasteiger partial charge in [-0.2, -0.15) is 0 Å². The van der Waals surface area contributed by atoms with Crippen molar-refractivity contribution < 1.29 is 0 Å². The third kappa shape index (κ3) is 3.64. The Bertz CT molecular complexity index is 610. The maximum absolute atomic E-state index is 4.47. The van der Waals surface area contributed by atoms with E-state index in [1.54, 1.807) is 0 Å². The topological polar surface area (TPSA) is 6.48 Å². The van der Waals surface area contributed by atoms with Gasteiger partial charge in [0.15, 0.2) is 0 Å². The molecule has 0 aliphatic rings. The Balaban J connectivity index is 2.51. The molecule has 128 valence electrons. The molecule has 0 heterocycles. The summed E-state index contributed by atoms with van der Waals surface area (Å²) in [4.78, 5) is 4.78. The summed E-state index contributed by atoms with van der Waals surface area (Å²) in [6, 6.07) is 17.2. The molecule has 2 aromatic rings. The predicted molar refractivity (Wildman–Crippen MR) is 108 cm³/mol. The van der Waals surface area contributed by atoms with Crippen molar-refractivity contribution in [3.05, 3.63) is 66.2 Å². The highest BCUT2D eigenvalue weighted by Crippen LogP contribution is 2.35. The van der Waals surface area contributed by atoms with Gasteiger partial charge in [0, 0.05) is 48.7 Å². The van der Waals surface area contributed by atoms with Crippen molar-refractivity contribution in [2.75, 3.05) is 36.0 Å². The average Bonchev–Trinajstić information content (AvgIpc) is 2.64. The summed E-state index contributed by atoms with van der Waals surface area (Å²) >= 11 is 0. The van der Waals surface area contributed by atoms with Gasteiger partial charge in [-0.3, -0.25) is 0 Å². The van der Waals surface area contributed by atoms with E-state index in [1.165, 1.54) is 22.5 Å². The van der Waals surface area contributed by atoms with E-state index in [-0.39, 0.29) is 0 Å². The number of rotatable bonds is 8. The first-order chi connectivity index (χ1) is 11.7. The summed E-state index contributed by atoms with van der Waals surface area (Å²) < 4.78 is 0. The van der Waals surface area contributed by atoms with Crippen LogP contribution in [-0.4, -0.2) is 26.2 Å². The van der Waals surface area contributed by atoms with Crippen molar-refractivity contribution in [1.29, 1.82) is 0 Å². The summed E-state index contributed by atoms with van der Waals surface area (Å²) in [5.74, 6) is 0. The molecule has 0 aliphatic heterocycles. The van der Waals surface area contributed by atoms with Gasteiger partial charge in [-0.05, 0) is 45.4 Å². The Morgan fingerprint density at radius 2 is 1.00 bits per heavy atom. The highest BCUT2D eigenvalue weighted by atomic mass is 15.1. The molecule has 0 spiro atoms. The van der Waals surface area contributed by atoms with Crippen molar-refractivity contribution >= 4 is 16.9 Å². The van der Waals surface area contributed by atoms with Crippen molar-refractivity contribution in [2.45, 2.75) is 27.7 Å². The van der Waals surface area contributed by atoms with Gasteiger partial charge in [-0.1, -0.05) is 43.0 Å². The molecule has 24 heavy (non-hydrogen) atoms. The van der Waals surface area contributed by atoms with E-state index < -0.39 is 0 Å². The number of hydrogen-bond donors (Lipinski definition) is 0. The summed E-state index contributed by atoms with van der Waals surface area (Å²) in [5.41, 5.74) is 6.07. The molecule has 2 nitrogen and oxygen atoms in total. The number of para-hydroxylation sites is 2. The van der Waals surface area contributed by atoms with Crippen molar-refractivity contribution in [2.24, 2.45) is 0 Å². The lowest BCUT2D eigenvalue weighted by molar-refractivity contribution is 0.862. The van der Waals surface area contributed by atoms with Crippen molar-refractivity contribution in [3.8, 4) is 0 Å². The lowest BCUT2D eigenvalue weighted by Crippen LogP contribution is -2.24. The summed E-state index contributed by atoms with van der Waals surface area (Å²) in [6.07, 6.45) is 0. The lowest BCUT2D eigenvalue weighted by atomic mass is 9.95. The molecule has 0 amide bonds. The zero-order valence-corrected chi connectivity index (χ0v) is 15.5. The molecule has 0 radical (unpaired) electrons. The van der Waals surface area contributed by atoms with Crippen molar-refractivity contribution in [1.82, 2.24) is 0 Å². The zero-order chi connectivity index (χ0) is 17.5. The molecule has 0 saturated carbocycles. The molecular weight excluding hydrogens is 292 g/mol. The van der Waals surface area contributed by atoms with Gasteiger partial charge in [0.1, 0.15) is 0 Å². The largest absolute Gasteiger partial charge is 0.372 e. The van der Waals surface area contributed by atoms with E-state index >= 15 is 0 Å². The molecule has 0 unspecified atom stereocenters. The summed E-state index contributed by atoms with van der Waals surface area (Å²) in [7, 11) is 0. The second-order valence-corrected chi connectivity index (χ2v) is 5.86. The zero-order valence-electron chi connectivity index (χ0n) is 15.5. The average molecular weight is 322 g/mol. The van der Waals surface area contributed by atoms with Gasteiger partial charge in [0.25, 0.3) is 0 Å². The van der Waals surface area contributed by atoms with Crippen LogP contribution in [0.15, 0.2) is 55.1 Å². The summed E-state index contributed by atoms with van der Waals surface area (Å²) in [5, 5.41) is 0. The number of hydrogen-bond acceptors (Lipinski definition) is 2. The van der Waals surface area contributed by atoms with Crippen LogP contribution < -0.4 is 9.80 Å². The first-order valence-corrected chi connectivity index (χ1v) is 9.05. The van der Waals surface area contributed by atoms with E-state index in [0.717, 1.165) is 31.8 Å². The van der Waals surface area contributed by atoms with E-state index in [9.17, 15) is 0 Å². The standard InChI is InChI=1S/C22H30N2/c1-6-23(7-2)21-16-12-10-14-19(21)18(5)20-15-11-13-17-22(20)24(8-3)9-4/h10-17H,5-9H2,1-4H3. The first-order valence-electron chi connectivity index (χ1n) is 9.05. The second-order valence-electron chi connectivity index (χ2n) is 5.86. The van der Waals surface area contributed by atoms with Gasteiger partial charge in [-0.15, -0.1) is 0 Å². The highest BCUT2D eigenvalue weighted by molar-refractivity contribution is 5.90. The van der Waals surface area contributed by atoms with Gasteiger partial charge >= 0.3 is 0 Å². The maximum atomic E-state index is 4.47. The van der Waals surface area contributed by atoms with Crippen LogP contribution in [0.2, 0.25) is 0 Å². The van der Waals surface area contributed by atoms with Gasteiger partial charge in [0.2, 0.25) is 0 Å². The van der Waals surface area contributed by atoms with Crippen LogP contribution in [0.4, 0.5) is 11.4 Å². The number of nitrogens with zero attached hydrogens (tertiary/aromatic N) is 2. The SMILES string of the molecule is C=C(c1ccccc1N(CC)CC)c1ccccc1N(CC)CC. The Hall–Kier alpha value is -2.22. The molecule has 0 saturated heterocycles. The fourth-order valence-corrected chi connectivity index (χ4v) is 3.28. The van der Waals surface area contributed by atoms with Crippen LogP contribution in [0.3, 0.4) is 0 Å². The van der Waals surface area contributed by atoms with Crippen LogP contribution in [0.25, 0.3) is 5.57 Å². The molecule has 0 aromatic heterocycles. The molecule has 0 bridgehead atoms. The van der Waals surface area contributed by atoms with Gasteiger partial charge in [-0.25, -0.2) is 0 Å². The minimum Gasteiger partial charge on any atom is -0.372 e. The molecule has 2 rings (SSSR count). The molecule has 2 heteroatoms. The van der Waals surface area contributed by atoms with E-state index in [0.29, 0.717) is 0 Å². The number of benzene rings is 2. The third-order valence-corrected chi connectivity index (χ3v) is 4.67. The molecule has 0 N–H and O–H groups in total. The Morgan fingerprint density at radius 3 is 1.33 bits per heavy atom. The molecule has 0 atom stereocenters. The van der Waals surface area contributed by atoms with E-state index in [4.69, 9.17) is 0 Å². The van der Waals surface area contributed by atoms with Gasteiger partial charge in [0.05, 0.1) is 0 Å². The molecule has 0 fully saturated rings. The van der Waals surface area contributed by atoms with Crippen LogP contribution in [-0.2, 0) is 0 Å². The van der Waals surface area contributed by atoms with Crippen LogP contribution in [0.1, 0.15) is 38.8 Å². The number of anilines is 2. The predicted octanol–water partition coefficient (Wildman–Crippen LogP) is 5.44. The van der Waals surface area contributed by atoms with E-state index in [2.05, 4.69) is 92.6 Å². The quantitative estimate of drug-likeness (QED) is 0.638. The summed E-state index contributed by atoms with van der Waals surface area (Å²) in [6.45, 7) is 17.3. The van der Waals surface area contributed by atoms with Crippen LogP contribution in [0.5, 0.6) is 0 Å². The maximum Gasteiger partial charge on any atom is 0.0445 e. The minimum absolute atomic E-state index is 0.998. The first kappa shape index (κ1) is 18.1. The van der Waals surface area contributed by atoms with Crippen molar-refractivity contribution in [3.63, 3.8) is 0 Å². The molecular formula is C22H30N2. The normalized spacial score (nSPS) is 10.5. The molecule has 0 aliphatic carbocycles. The lowest BCUT2D eigenvalue weighted by Gasteiger charge is -2.28. The monoisotopic (exact) mass is 322 g/mol.